The summed E-state index contributed by atoms with van der Waals surface area (Å²) in [5.74, 6) is 1.53. The Hall–Kier alpha value is -2.61. The molecule has 1 aromatic heterocycles. The lowest BCUT2D eigenvalue weighted by molar-refractivity contribution is 0.411. The average molecular weight is 254 g/mol. The topological polar surface area (TPSA) is 84.8 Å². The number of nitrogen functional groups attached to an aromatic ring is 1. The Morgan fingerprint density at radius 2 is 2.00 bits per heavy atom. The van der Waals surface area contributed by atoms with E-state index in [9.17, 15) is 0 Å². The lowest BCUT2D eigenvalue weighted by Crippen LogP contribution is -2.00. The number of nitrogens with zero attached hydrogens (tertiary/aromatic N) is 3. The number of benzene rings is 1. The Kier molecular flexibility index (Phi) is 3.34. The van der Waals surface area contributed by atoms with Gasteiger partial charge in [0, 0.05) is 5.56 Å². The van der Waals surface area contributed by atoms with Crippen LogP contribution in [-0.4, -0.2) is 17.1 Å². The fourth-order valence-corrected chi connectivity index (χ4v) is 1.86. The SMILES string of the molecule is COc1cc(C)c(-c2ncc(C#N)c(N)n2)cc1C. The number of rotatable bonds is 2. The number of aryl methyl sites for hydroxylation is 2. The standard InChI is InChI=1S/C14H14N4O/c1-8-5-12(19-3)9(2)4-11(8)14-17-7-10(6-15)13(16)18-14/h4-5,7H,1-3H3,(H2,16,17,18). The van der Waals surface area contributed by atoms with E-state index in [1.807, 2.05) is 32.0 Å². The summed E-state index contributed by atoms with van der Waals surface area (Å²) in [6.45, 7) is 3.91. The molecule has 0 bridgehead atoms. The third-order valence-corrected chi connectivity index (χ3v) is 2.92. The van der Waals surface area contributed by atoms with Crippen LogP contribution in [0.1, 0.15) is 16.7 Å². The minimum absolute atomic E-state index is 0.195. The maximum atomic E-state index is 8.82. The van der Waals surface area contributed by atoms with Crippen LogP contribution in [0.2, 0.25) is 0 Å². The smallest absolute Gasteiger partial charge is 0.161 e. The van der Waals surface area contributed by atoms with E-state index in [1.54, 1.807) is 7.11 Å². The molecule has 0 amide bonds. The second kappa shape index (κ2) is 4.94. The highest BCUT2D eigenvalue weighted by atomic mass is 16.5. The summed E-state index contributed by atoms with van der Waals surface area (Å²) >= 11 is 0. The number of nitrogens with two attached hydrogens (primary N) is 1. The molecule has 1 aromatic carbocycles. The van der Waals surface area contributed by atoms with E-state index in [4.69, 9.17) is 15.7 Å². The number of methoxy groups -OCH3 is 1. The predicted molar refractivity (Wildman–Crippen MR) is 72.6 cm³/mol. The summed E-state index contributed by atoms with van der Waals surface area (Å²) in [6.07, 6.45) is 1.44. The summed E-state index contributed by atoms with van der Waals surface area (Å²) in [6, 6.07) is 5.83. The molecular formula is C14H14N4O. The van der Waals surface area contributed by atoms with Gasteiger partial charge in [-0.1, -0.05) is 0 Å². The molecule has 0 saturated heterocycles. The van der Waals surface area contributed by atoms with Crippen LogP contribution in [0.3, 0.4) is 0 Å². The number of ether oxygens (including phenoxy) is 1. The highest BCUT2D eigenvalue weighted by Gasteiger charge is 2.11. The van der Waals surface area contributed by atoms with E-state index in [1.165, 1.54) is 6.20 Å². The monoisotopic (exact) mass is 254 g/mol. The third-order valence-electron chi connectivity index (χ3n) is 2.92. The highest BCUT2D eigenvalue weighted by Crippen LogP contribution is 2.28. The molecule has 2 N–H and O–H groups in total. The number of aromatic nitrogens is 2. The van der Waals surface area contributed by atoms with Gasteiger partial charge in [0.1, 0.15) is 23.2 Å². The molecule has 0 aliphatic rings. The fourth-order valence-electron chi connectivity index (χ4n) is 1.86. The van der Waals surface area contributed by atoms with E-state index in [0.29, 0.717) is 5.82 Å². The molecule has 5 nitrogen and oxygen atoms in total. The molecule has 0 aliphatic heterocycles. The highest BCUT2D eigenvalue weighted by molar-refractivity contribution is 5.65. The molecule has 0 atom stereocenters. The molecule has 5 heteroatoms. The van der Waals surface area contributed by atoms with Crippen LogP contribution in [0.4, 0.5) is 5.82 Å². The van der Waals surface area contributed by atoms with Crippen LogP contribution in [0.5, 0.6) is 5.75 Å². The largest absolute Gasteiger partial charge is 0.496 e. The lowest BCUT2D eigenvalue weighted by Gasteiger charge is -2.10. The van der Waals surface area contributed by atoms with Crippen LogP contribution in [0, 0.1) is 25.2 Å². The van der Waals surface area contributed by atoms with Crippen LogP contribution >= 0.6 is 0 Å². The van der Waals surface area contributed by atoms with Gasteiger partial charge >= 0.3 is 0 Å². The van der Waals surface area contributed by atoms with Crippen molar-refractivity contribution in [2.45, 2.75) is 13.8 Å². The normalized spacial score (nSPS) is 10.0. The van der Waals surface area contributed by atoms with Crippen molar-refractivity contribution in [1.29, 1.82) is 5.26 Å². The molecule has 0 radical (unpaired) electrons. The fraction of sp³-hybridized carbons (Fsp3) is 0.214. The minimum Gasteiger partial charge on any atom is -0.496 e. The molecule has 96 valence electrons. The zero-order valence-corrected chi connectivity index (χ0v) is 11.1. The van der Waals surface area contributed by atoms with Crippen molar-refractivity contribution in [1.82, 2.24) is 9.97 Å². The summed E-state index contributed by atoms with van der Waals surface area (Å²) in [4.78, 5) is 8.36. The Balaban J connectivity index is 2.57. The van der Waals surface area contributed by atoms with Gasteiger partial charge in [-0.05, 0) is 37.1 Å². The Morgan fingerprint density at radius 1 is 1.26 bits per heavy atom. The molecule has 2 rings (SSSR count). The van der Waals surface area contributed by atoms with Crippen molar-refractivity contribution in [2.24, 2.45) is 0 Å². The number of nitriles is 1. The van der Waals surface area contributed by atoms with Gasteiger partial charge in [-0.25, -0.2) is 9.97 Å². The van der Waals surface area contributed by atoms with Crippen LogP contribution in [-0.2, 0) is 0 Å². The molecular weight excluding hydrogens is 240 g/mol. The van der Waals surface area contributed by atoms with Gasteiger partial charge in [0.25, 0.3) is 0 Å². The summed E-state index contributed by atoms with van der Waals surface area (Å²) < 4.78 is 5.27. The second-order valence-corrected chi connectivity index (χ2v) is 4.24. The van der Waals surface area contributed by atoms with Gasteiger partial charge < -0.3 is 10.5 Å². The van der Waals surface area contributed by atoms with Gasteiger partial charge in [0.15, 0.2) is 5.82 Å². The van der Waals surface area contributed by atoms with Gasteiger partial charge in [0.2, 0.25) is 0 Å². The predicted octanol–water partition coefficient (Wildman–Crippen LogP) is 2.22. The maximum Gasteiger partial charge on any atom is 0.161 e. The molecule has 1 heterocycles. The molecule has 0 spiro atoms. The van der Waals surface area contributed by atoms with Crippen molar-refractivity contribution in [3.63, 3.8) is 0 Å². The van der Waals surface area contributed by atoms with Gasteiger partial charge in [-0.3, -0.25) is 0 Å². The quantitative estimate of drug-likeness (QED) is 0.888. The Bertz CT molecular complexity index is 674. The summed E-state index contributed by atoms with van der Waals surface area (Å²) in [5.41, 5.74) is 8.87. The summed E-state index contributed by atoms with van der Waals surface area (Å²) in [5, 5.41) is 8.82. The van der Waals surface area contributed by atoms with Crippen LogP contribution in [0.25, 0.3) is 11.4 Å². The van der Waals surface area contributed by atoms with Crippen LogP contribution in [0.15, 0.2) is 18.3 Å². The lowest BCUT2D eigenvalue weighted by atomic mass is 10.0. The first-order valence-corrected chi connectivity index (χ1v) is 5.75. The number of anilines is 1. The van der Waals surface area contributed by atoms with Crippen molar-refractivity contribution in [3.8, 4) is 23.2 Å². The first-order valence-electron chi connectivity index (χ1n) is 5.75. The van der Waals surface area contributed by atoms with Gasteiger partial charge in [-0.15, -0.1) is 0 Å². The minimum atomic E-state index is 0.195. The number of hydrogen-bond acceptors (Lipinski definition) is 5. The Morgan fingerprint density at radius 3 is 2.58 bits per heavy atom. The van der Waals surface area contributed by atoms with E-state index in [0.717, 1.165) is 22.4 Å². The van der Waals surface area contributed by atoms with E-state index >= 15 is 0 Å². The second-order valence-electron chi connectivity index (χ2n) is 4.24. The van der Waals surface area contributed by atoms with E-state index in [-0.39, 0.29) is 11.4 Å². The summed E-state index contributed by atoms with van der Waals surface area (Å²) in [7, 11) is 1.64. The molecule has 19 heavy (non-hydrogen) atoms. The van der Waals surface area contributed by atoms with Crippen molar-refractivity contribution in [2.75, 3.05) is 12.8 Å². The molecule has 2 aromatic rings. The van der Waals surface area contributed by atoms with Gasteiger partial charge in [-0.2, -0.15) is 5.26 Å². The average Bonchev–Trinajstić information content (AvgIpc) is 2.40. The van der Waals surface area contributed by atoms with E-state index in [2.05, 4.69) is 9.97 Å². The van der Waals surface area contributed by atoms with Gasteiger partial charge in [0.05, 0.1) is 13.3 Å². The van der Waals surface area contributed by atoms with Crippen LogP contribution < -0.4 is 10.5 Å². The van der Waals surface area contributed by atoms with Crippen molar-refractivity contribution in [3.05, 3.63) is 35.0 Å². The molecule has 0 unspecified atom stereocenters. The number of hydrogen-bond donors (Lipinski definition) is 1. The Labute approximate surface area is 111 Å². The molecule has 0 aliphatic carbocycles. The maximum absolute atomic E-state index is 8.82. The molecule has 0 saturated carbocycles. The zero-order valence-electron chi connectivity index (χ0n) is 11.1. The first kappa shape index (κ1) is 12.8. The van der Waals surface area contributed by atoms with Crippen molar-refractivity contribution >= 4 is 5.82 Å². The zero-order chi connectivity index (χ0) is 14.0. The van der Waals surface area contributed by atoms with Crippen molar-refractivity contribution < 1.29 is 4.74 Å². The third kappa shape index (κ3) is 2.33. The molecule has 0 fully saturated rings. The first-order chi connectivity index (χ1) is 9.06. The van der Waals surface area contributed by atoms with E-state index < -0.39 is 0 Å².